The molecule has 2 atom stereocenters. The number of carbonyl (C=O) groups excluding carboxylic acids is 1. The molecule has 5 heteroatoms. The highest BCUT2D eigenvalue weighted by atomic mass is 16.3. The van der Waals surface area contributed by atoms with Gasteiger partial charge >= 0.3 is 0 Å². The molecule has 1 amide bonds. The van der Waals surface area contributed by atoms with Crippen molar-refractivity contribution in [2.75, 3.05) is 13.1 Å². The number of hydrogen-bond donors (Lipinski definition) is 1. The van der Waals surface area contributed by atoms with Crippen molar-refractivity contribution < 1.29 is 9.90 Å². The molecule has 0 bridgehead atoms. The maximum Gasteiger partial charge on any atom is 0.242 e. The second-order valence-electron chi connectivity index (χ2n) is 5.89. The molecule has 0 aromatic carbocycles. The van der Waals surface area contributed by atoms with Gasteiger partial charge in [0.2, 0.25) is 5.91 Å². The first-order chi connectivity index (χ1) is 8.81. The maximum atomic E-state index is 12.3. The highest BCUT2D eigenvalue weighted by Gasteiger charge is 2.36. The first kappa shape index (κ1) is 14.1. The third-order valence-electron chi connectivity index (χ3n) is 4.45. The summed E-state index contributed by atoms with van der Waals surface area (Å²) in [6.07, 6.45) is 2.36. The van der Waals surface area contributed by atoms with Gasteiger partial charge in [0.15, 0.2) is 0 Å². The van der Waals surface area contributed by atoms with Crippen molar-refractivity contribution in [2.24, 2.45) is 5.92 Å². The quantitative estimate of drug-likeness (QED) is 0.871. The van der Waals surface area contributed by atoms with Crippen molar-refractivity contribution in [2.45, 2.75) is 46.3 Å². The monoisotopic (exact) mass is 265 g/mol. The maximum absolute atomic E-state index is 12.3. The molecule has 2 heterocycles. The van der Waals surface area contributed by atoms with E-state index < -0.39 is 5.60 Å². The minimum Gasteiger partial charge on any atom is -0.390 e. The smallest absolute Gasteiger partial charge is 0.242 e. The molecule has 1 N–H and O–H groups in total. The summed E-state index contributed by atoms with van der Waals surface area (Å²) < 4.78 is 1.88. The van der Waals surface area contributed by atoms with Crippen LogP contribution < -0.4 is 0 Å². The zero-order valence-corrected chi connectivity index (χ0v) is 12.2. The van der Waals surface area contributed by atoms with Gasteiger partial charge in [-0.05, 0) is 27.2 Å². The van der Waals surface area contributed by atoms with E-state index in [9.17, 15) is 9.90 Å². The summed E-state index contributed by atoms with van der Waals surface area (Å²) in [4.78, 5) is 18.3. The number of hydrogen-bond acceptors (Lipinski definition) is 3. The lowest BCUT2D eigenvalue weighted by Crippen LogP contribution is -2.51. The molecule has 0 aliphatic carbocycles. The topological polar surface area (TPSA) is 58.4 Å². The highest BCUT2D eigenvalue weighted by Crippen LogP contribution is 2.27. The molecule has 2 rings (SSSR count). The Kier molecular flexibility index (Phi) is 3.67. The van der Waals surface area contributed by atoms with Crippen LogP contribution in [0.15, 0.2) is 6.33 Å². The van der Waals surface area contributed by atoms with E-state index >= 15 is 0 Å². The lowest BCUT2D eigenvalue weighted by Gasteiger charge is -2.41. The van der Waals surface area contributed by atoms with E-state index in [-0.39, 0.29) is 11.8 Å². The SMILES string of the molecule is Cc1ncn(CC(=O)N2CC[C@](C)(O)[C@H](C)C2)c1C. The Morgan fingerprint density at radius 1 is 1.58 bits per heavy atom. The fraction of sp³-hybridized carbons (Fsp3) is 0.714. The molecule has 0 unspecified atom stereocenters. The summed E-state index contributed by atoms with van der Waals surface area (Å²) in [5.74, 6) is 0.207. The Hall–Kier alpha value is -1.36. The fourth-order valence-electron chi connectivity index (χ4n) is 2.40. The largest absolute Gasteiger partial charge is 0.390 e. The van der Waals surface area contributed by atoms with Gasteiger partial charge in [0.25, 0.3) is 0 Å². The van der Waals surface area contributed by atoms with E-state index in [4.69, 9.17) is 0 Å². The molecule has 0 radical (unpaired) electrons. The zero-order valence-electron chi connectivity index (χ0n) is 12.2. The van der Waals surface area contributed by atoms with Crippen LogP contribution in [0.25, 0.3) is 0 Å². The van der Waals surface area contributed by atoms with Crippen LogP contribution in [0.2, 0.25) is 0 Å². The van der Waals surface area contributed by atoms with Crippen LogP contribution in [0.3, 0.4) is 0 Å². The number of likely N-dealkylation sites (tertiary alicyclic amines) is 1. The van der Waals surface area contributed by atoms with Crippen molar-refractivity contribution in [3.63, 3.8) is 0 Å². The number of piperidine rings is 1. The standard InChI is InChI=1S/C14H23N3O2/c1-10-7-16(6-5-14(10,4)19)13(18)8-17-9-15-11(2)12(17)3/h9-10,19H,5-8H2,1-4H3/t10-,14+/m1/s1. The van der Waals surface area contributed by atoms with Gasteiger partial charge in [-0.3, -0.25) is 4.79 Å². The lowest BCUT2D eigenvalue weighted by atomic mass is 9.84. The summed E-state index contributed by atoms with van der Waals surface area (Å²) in [6, 6.07) is 0. The van der Waals surface area contributed by atoms with Crippen molar-refractivity contribution in [1.82, 2.24) is 14.5 Å². The number of rotatable bonds is 2. The Labute approximate surface area is 114 Å². The minimum absolute atomic E-state index is 0.0999. The van der Waals surface area contributed by atoms with E-state index in [1.54, 1.807) is 6.33 Å². The number of aromatic nitrogens is 2. The van der Waals surface area contributed by atoms with Gasteiger partial charge in [0.1, 0.15) is 6.54 Å². The average Bonchev–Trinajstić information content (AvgIpc) is 2.64. The summed E-state index contributed by atoms with van der Waals surface area (Å²) >= 11 is 0. The molecule has 1 aromatic heterocycles. The molecule has 1 aromatic rings. The van der Waals surface area contributed by atoms with Crippen LogP contribution in [0, 0.1) is 19.8 Å². The van der Waals surface area contributed by atoms with Gasteiger partial charge in [-0.15, -0.1) is 0 Å². The predicted molar refractivity (Wildman–Crippen MR) is 72.7 cm³/mol. The minimum atomic E-state index is -0.654. The second-order valence-corrected chi connectivity index (χ2v) is 5.89. The van der Waals surface area contributed by atoms with Crippen LogP contribution in [0.4, 0.5) is 0 Å². The Morgan fingerprint density at radius 3 is 2.79 bits per heavy atom. The van der Waals surface area contributed by atoms with E-state index in [0.717, 1.165) is 11.4 Å². The molecule has 1 saturated heterocycles. The Balaban J connectivity index is 2.00. The molecule has 19 heavy (non-hydrogen) atoms. The first-order valence-electron chi connectivity index (χ1n) is 6.80. The van der Waals surface area contributed by atoms with Crippen molar-refractivity contribution in [3.8, 4) is 0 Å². The number of aliphatic hydroxyl groups is 1. The fourth-order valence-corrected chi connectivity index (χ4v) is 2.40. The summed E-state index contributed by atoms with van der Waals surface area (Å²) in [5.41, 5.74) is 1.34. The highest BCUT2D eigenvalue weighted by molar-refractivity contribution is 5.76. The van der Waals surface area contributed by atoms with Gasteiger partial charge in [-0.2, -0.15) is 0 Å². The van der Waals surface area contributed by atoms with Crippen LogP contribution in [0.5, 0.6) is 0 Å². The molecule has 106 valence electrons. The molecule has 0 spiro atoms. The van der Waals surface area contributed by atoms with E-state index in [0.29, 0.717) is 26.1 Å². The second kappa shape index (κ2) is 4.96. The van der Waals surface area contributed by atoms with E-state index in [2.05, 4.69) is 4.98 Å². The van der Waals surface area contributed by atoms with Gasteiger partial charge in [-0.1, -0.05) is 6.92 Å². The molecule has 1 aliphatic rings. The number of amides is 1. The number of imidazole rings is 1. The molecule has 5 nitrogen and oxygen atoms in total. The van der Waals surface area contributed by atoms with Gasteiger partial charge in [-0.25, -0.2) is 4.98 Å². The zero-order chi connectivity index (χ0) is 14.2. The van der Waals surface area contributed by atoms with E-state index in [1.807, 2.05) is 37.2 Å². The van der Waals surface area contributed by atoms with Crippen LogP contribution in [-0.4, -0.2) is 44.2 Å². The third-order valence-corrected chi connectivity index (χ3v) is 4.45. The third kappa shape index (κ3) is 2.81. The normalized spacial score (nSPS) is 27.6. The predicted octanol–water partition coefficient (Wildman–Crippen LogP) is 1.12. The Bertz CT molecular complexity index is 479. The molecule has 0 saturated carbocycles. The number of carbonyl (C=O) groups is 1. The first-order valence-corrected chi connectivity index (χ1v) is 6.80. The lowest BCUT2D eigenvalue weighted by molar-refractivity contribution is -0.138. The number of nitrogens with zero attached hydrogens (tertiary/aromatic N) is 3. The van der Waals surface area contributed by atoms with Crippen LogP contribution in [0.1, 0.15) is 31.7 Å². The Morgan fingerprint density at radius 2 is 2.26 bits per heavy atom. The van der Waals surface area contributed by atoms with Crippen molar-refractivity contribution in [3.05, 3.63) is 17.7 Å². The van der Waals surface area contributed by atoms with Gasteiger partial charge < -0.3 is 14.6 Å². The number of aryl methyl sites for hydroxylation is 1. The molecular weight excluding hydrogens is 242 g/mol. The van der Waals surface area contributed by atoms with E-state index in [1.165, 1.54) is 0 Å². The summed E-state index contributed by atoms with van der Waals surface area (Å²) in [6.45, 7) is 9.34. The van der Waals surface area contributed by atoms with Gasteiger partial charge in [0.05, 0.1) is 17.6 Å². The molecule has 1 fully saturated rings. The summed E-state index contributed by atoms with van der Waals surface area (Å²) in [7, 11) is 0. The van der Waals surface area contributed by atoms with Crippen LogP contribution in [-0.2, 0) is 11.3 Å². The van der Waals surface area contributed by atoms with Gasteiger partial charge in [0, 0.05) is 24.7 Å². The molecule has 1 aliphatic heterocycles. The van der Waals surface area contributed by atoms with Crippen molar-refractivity contribution >= 4 is 5.91 Å². The summed E-state index contributed by atoms with van der Waals surface area (Å²) in [5, 5.41) is 10.1. The van der Waals surface area contributed by atoms with Crippen molar-refractivity contribution in [1.29, 1.82) is 0 Å². The average molecular weight is 265 g/mol. The van der Waals surface area contributed by atoms with Crippen LogP contribution >= 0.6 is 0 Å². The molecular formula is C14H23N3O2.